The summed E-state index contributed by atoms with van der Waals surface area (Å²) in [5, 5.41) is 11.8. The van der Waals surface area contributed by atoms with Gasteiger partial charge < -0.3 is 5.32 Å². The minimum Gasteiger partial charge on any atom is -0.376 e. The Hall–Kier alpha value is -3.23. The highest BCUT2D eigenvalue weighted by Crippen LogP contribution is 2.27. The molecule has 0 radical (unpaired) electrons. The lowest BCUT2D eigenvalue weighted by atomic mass is 10.0. The lowest BCUT2D eigenvalue weighted by Gasteiger charge is -2.21. The second-order valence-corrected chi connectivity index (χ2v) is 9.09. The van der Waals surface area contributed by atoms with Crippen molar-refractivity contribution >= 4 is 26.6 Å². The van der Waals surface area contributed by atoms with E-state index in [2.05, 4.69) is 31.3 Å². The van der Waals surface area contributed by atoms with Gasteiger partial charge in [-0.05, 0) is 36.2 Å². The third-order valence-corrected chi connectivity index (χ3v) is 5.61. The highest BCUT2D eigenvalue weighted by Gasteiger charge is 2.14. The second kappa shape index (κ2) is 8.25. The Balaban J connectivity index is 1.63. The van der Waals surface area contributed by atoms with Crippen LogP contribution in [0.4, 0.5) is 5.69 Å². The first-order chi connectivity index (χ1) is 14.4. The molecule has 0 fully saturated rings. The van der Waals surface area contributed by atoms with Crippen molar-refractivity contribution in [3.8, 4) is 11.1 Å². The normalized spacial score (nSPS) is 12.7. The lowest BCUT2D eigenvalue weighted by molar-refractivity contribution is 0.582. The first-order valence-electron chi connectivity index (χ1n) is 9.55. The fraction of sp³-hybridized carbons (Fsp3) is 0.182. The van der Waals surface area contributed by atoms with Crippen molar-refractivity contribution in [2.45, 2.75) is 13.0 Å². The average molecular weight is 422 g/mol. The lowest BCUT2D eigenvalue weighted by Crippen LogP contribution is -2.30. The maximum atomic E-state index is 11.6. The molecule has 4 aromatic rings. The van der Waals surface area contributed by atoms with E-state index in [0.717, 1.165) is 45.2 Å². The molecule has 0 bridgehead atoms. The highest BCUT2D eigenvalue weighted by molar-refractivity contribution is 7.88. The van der Waals surface area contributed by atoms with Gasteiger partial charge in [-0.3, -0.25) is 10.1 Å². The third kappa shape index (κ3) is 4.67. The minimum absolute atomic E-state index is 0.229. The van der Waals surface area contributed by atoms with Gasteiger partial charge in [-0.1, -0.05) is 36.4 Å². The molecule has 0 saturated heterocycles. The van der Waals surface area contributed by atoms with Crippen LogP contribution < -0.4 is 10.0 Å². The molecule has 8 heteroatoms. The number of pyridine rings is 1. The number of aromatic nitrogens is 3. The molecular weight excluding hydrogens is 398 g/mol. The molecule has 0 saturated carbocycles. The molecular formula is C22H23N5O2S. The van der Waals surface area contributed by atoms with E-state index in [9.17, 15) is 8.42 Å². The predicted molar refractivity (Wildman–Crippen MR) is 120 cm³/mol. The summed E-state index contributed by atoms with van der Waals surface area (Å²) in [6, 6.07) is 17.6. The van der Waals surface area contributed by atoms with Crippen LogP contribution >= 0.6 is 0 Å². The van der Waals surface area contributed by atoms with Gasteiger partial charge in [0.05, 0.1) is 29.2 Å². The predicted octanol–water partition coefficient (Wildman–Crippen LogP) is 3.64. The molecule has 30 heavy (non-hydrogen) atoms. The molecule has 2 aromatic carbocycles. The van der Waals surface area contributed by atoms with Gasteiger partial charge in [0.15, 0.2) is 0 Å². The molecule has 0 aliphatic carbocycles. The van der Waals surface area contributed by atoms with Crippen molar-refractivity contribution in [2.75, 3.05) is 18.1 Å². The van der Waals surface area contributed by atoms with E-state index in [4.69, 9.17) is 0 Å². The number of rotatable bonds is 7. The van der Waals surface area contributed by atoms with Crippen molar-refractivity contribution in [3.63, 3.8) is 0 Å². The summed E-state index contributed by atoms with van der Waals surface area (Å²) in [6.07, 6.45) is 4.71. The molecule has 3 N–H and O–H groups in total. The molecule has 0 amide bonds. The number of nitrogens with zero attached hydrogens (tertiary/aromatic N) is 2. The topological polar surface area (TPSA) is 99.8 Å². The number of hydrogen-bond donors (Lipinski definition) is 3. The smallest absolute Gasteiger partial charge is 0.208 e. The number of benzene rings is 2. The standard InChI is InChI=1S/C22H23N5O2S/c1-15-20-11-17(8-9-21(20)27-26-15)18-10-19(13-23-12-18)25-22(14-24-30(2,28)29)16-6-4-3-5-7-16/h3-13,22,24-25H,14H2,1-2H3,(H,26,27)/t22-/m0/s1. The van der Waals surface area contributed by atoms with E-state index in [0.29, 0.717) is 0 Å². The van der Waals surface area contributed by atoms with Gasteiger partial charge in [-0.2, -0.15) is 5.10 Å². The molecule has 4 rings (SSSR count). The van der Waals surface area contributed by atoms with Crippen LogP contribution in [0.5, 0.6) is 0 Å². The Kier molecular flexibility index (Phi) is 5.52. The summed E-state index contributed by atoms with van der Waals surface area (Å²) >= 11 is 0. The van der Waals surface area contributed by atoms with Crippen LogP contribution in [-0.2, 0) is 10.0 Å². The highest BCUT2D eigenvalue weighted by atomic mass is 32.2. The Bertz CT molecular complexity index is 1270. The summed E-state index contributed by atoms with van der Waals surface area (Å²) in [6.45, 7) is 2.20. The number of sulfonamides is 1. The van der Waals surface area contributed by atoms with Gasteiger partial charge in [-0.15, -0.1) is 0 Å². The van der Waals surface area contributed by atoms with Crippen LogP contribution in [-0.4, -0.2) is 36.4 Å². The zero-order valence-corrected chi connectivity index (χ0v) is 17.6. The number of aryl methyl sites for hydroxylation is 1. The fourth-order valence-electron chi connectivity index (χ4n) is 3.38. The van der Waals surface area contributed by atoms with E-state index >= 15 is 0 Å². The van der Waals surface area contributed by atoms with E-state index < -0.39 is 10.0 Å². The van der Waals surface area contributed by atoms with Crippen molar-refractivity contribution < 1.29 is 8.42 Å². The van der Waals surface area contributed by atoms with Gasteiger partial charge >= 0.3 is 0 Å². The fourth-order valence-corrected chi connectivity index (χ4v) is 3.84. The van der Waals surface area contributed by atoms with E-state index in [1.807, 2.05) is 61.7 Å². The van der Waals surface area contributed by atoms with Crippen LogP contribution in [0.2, 0.25) is 0 Å². The molecule has 2 aromatic heterocycles. The molecule has 2 heterocycles. The number of nitrogens with one attached hydrogen (secondary N) is 3. The number of aromatic amines is 1. The van der Waals surface area contributed by atoms with Crippen molar-refractivity contribution in [1.29, 1.82) is 0 Å². The van der Waals surface area contributed by atoms with Crippen LogP contribution in [0.25, 0.3) is 22.0 Å². The van der Waals surface area contributed by atoms with Crippen molar-refractivity contribution in [3.05, 3.63) is 78.2 Å². The van der Waals surface area contributed by atoms with Crippen molar-refractivity contribution in [1.82, 2.24) is 19.9 Å². The summed E-state index contributed by atoms with van der Waals surface area (Å²) in [4.78, 5) is 4.38. The first-order valence-corrected chi connectivity index (χ1v) is 11.4. The summed E-state index contributed by atoms with van der Waals surface area (Å²) < 4.78 is 25.8. The summed E-state index contributed by atoms with van der Waals surface area (Å²) in [5.74, 6) is 0. The van der Waals surface area contributed by atoms with Gasteiger partial charge in [-0.25, -0.2) is 13.1 Å². The Morgan fingerprint density at radius 2 is 1.83 bits per heavy atom. The van der Waals surface area contributed by atoms with E-state index in [-0.39, 0.29) is 12.6 Å². The maximum Gasteiger partial charge on any atom is 0.208 e. The molecule has 0 spiro atoms. The largest absolute Gasteiger partial charge is 0.376 e. The van der Waals surface area contributed by atoms with Crippen LogP contribution in [0.15, 0.2) is 67.0 Å². The Morgan fingerprint density at radius 3 is 2.60 bits per heavy atom. The average Bonchev–Trinajstić information content (AvgIpc) is 3.11. The summed E-state index contributed by atoms with van der Waals surface area (Å²) in [5.41, 5.74) is 5.73. The van der Waals surface area contributed by atoms with Gasteiger partial charge in [0, 0.05) is 29.9 Å². The van der Waals surface area contributed by atoms with Gasteiger partial charge in [0.1, 0.15) is 0 Å². The van der Waals surface area contributed by atoms with Crippen molar-refractivity contribution in [2.24, 2.45) is 0 Å². The van der Waals surface area contributed by atoms with Crippen LogP contribution in [0.1, 0.15) is 17.3 Å². The maximum absolute atomic E-state index is 11.6. The van der Waals surface area contributed by atoms with E-state index in [1.54, 1.807) is 6.20 Å². The first kappa shape index (κ1) is 20.1. The molecule has 0 aliphatic rings. The van der Waals surface area contributed by atoms with E-state index in [1.165, 1.54) is 0 Å². The number of hydrogen-bond acceptors (Lipinski definition) is 5. The minimum atomic E-state index is -3.30. The van der Waals surface area contributed by atoms with Crippen LogP contribution in [0.3, 0.4) is 0 Å². The number of anilines is 1. The zero-order valence-electron chi connectivity index (χ0n) is 16.8. The third-order valence-electron chi connectivity index (χ3n) is 4.92. The Labute approximate surface area is 175 Å². The van der Waals surface area contributed by atoms with Gasteiger partial charge in [0.25, 0.3) is 0 Å². The number of H-pyrrole nitrogens is 1. The number of fused-ring (bicyclic) bond motifs is 1. The quantitative estimate of drug-likeness (QED) is 0.423. The SMILES string of the molecule is Cc1n[nH]c2ccc(-c3cncc(N[C@@H](CNS(C)(=O)=O)c4ccccc4)c3)cc12. The van der Waals surface area contributed by atoms with Crippen LogP contribution in [0, 0.1) is 6.92 Å². The molecule has 0 aliphatic heterocycles. The summed E-state index contributed by atoms with van der Waals surface area (Å²) in [7, 11) is -3.30. The second-order valence-electron chi connectivity index (χ2n) is 7.26. The monoisotopic (exact) mass is 421 g/mol. The molecule has 1 atom stereocenters. The molecule has 7 nitrogen and oxygen atoms in total. The zero-order chi connectivity index (χ0) is 21.1. The van der Waals surface area contributed by atoms with Gasteiger partial charge in [0.2, 0.25) is 10.0 Å². The molecule has 154 valence electrons. The molecule has 0 unspecified atom stereocenters. The Morgan fingerprint density at radius 1 is 1.03 bits per heavy atom.